The summed E-state index contributed by atoms with van der Waals surface area (Å²) in [6.07, 6.45) is 3.38. The van der Waals surface area contributed by atoms with Crippen molar-refractivity contribution in [2.75, 3.05) is 36.9 Å². The third-order valence-corrected chi connectivity index (χ3v) is 3.04. The number of pyridine rings is 1. The predicted octanol–water partition coefficient (Wildman–Crippen LogP) is 0.957. The number of rotatable bonds is 2. The lowest BCUT2D eigenvalue weighted by molar-refractivity contribution is 0.122. The molecule has 3 rings (SSSR count). The van der Waals surface area contributed by atoms with Crippen molar-refractivity contribution in [2.24, 2.45) is 0 Å². The van der Waals surface area contributed by atoms with Gasteiger partial charge in [0, 0.05) is 31.0 Å². The molecule has 2 aromatic rings. The number of nitrogen functional groups attached to an aromatic ring is 1. The lowest BCUT2D eigenvalue weighted by Crippen LogP contribution is -2.36. The average molecular weight is 257 g/mol. The van der Waals surface area contributed by atoms with Gasteiger partial charge in [-0.3, -0.25) is 0 Å². The van der Waals surface area contributed by atoms with Gasteiger partial charge in [0.05, 0.1) is 18.9 Å². The molecule has 0 aromatic carbocycles. The van der Waals surface area contributed by atoms with E-state index < -0.39 is 0 Å². The summed E-state index contributed by atoms with van der Waals surface area (Å²) in [6, 6.07) is 5.94. The van der Waals surface area contributed by atoms with Gasteiger partial charge in [-0.15, -0.1) is 0 Å². The molecule has 0 bridgehead atoms. The number of hydrogen-bond donors (Lipinski definition) is 1. The fourth-order valence-electron chi connectivity index (χ4n) is 2.02. The molecule has 1 fully saturated rings. The number of nitrogens with zero attached hydrogens (tertiary/aromatic N) is 4. The number of nitrogens with two attached hydrogens (primary N) is 1. The Morgan fingerprint density at radius 3 is 2.58 bits per heavy atom. The van der Waals surface area contributed by atoms with Gasteiger partial charge >= 0.3 is 0 Å². The molecule has 1 saturated heterocycles. The maximum atomic E-state index is 5.49. The van der Waals surface area contributed by atoms with Gasteiger partial charge in [-0.25, -0.2) is 15.0 Å². The first-order valence-corrected chi connectivity index (χ1v) is 6.20. The highest BCUT2D eigenvalue weighted by atomic mass is 16.5. The number of anilines is 2. The van der Waals surface area contributed by atoms with Crippen molar-refractivity contribution in [1.29, 1.82) is 0 Å². The highest BCUT2D eigenvalue weighted by Crippen LogP contribution is 2.20. The molecular weight excluding hydrogens is 242 g/mol. The summed E-state index contributed by atoms with van der Waals surface area (Å²) in [5.74, 6) is 1.23. The molecule has 0 spiro atoms. The van der Waals surface area contributed by atoms with Crippen LogP contribution < -0.4 is 10.6 Å². The van der Waals surface area contributed by atoms with Crippen LogP contribution in [0.4, 0.5) is 11.8 Å². The van der Waals surface area contributed by atoms with Gasteiger partial charge in [0.2, 0.25) is 5.95 Å². The number of aromatic nitrogens is 3. The molecule has 0 amide bonds. The molecule has 19 heavy (non-hydrogen) atoms. The van der Waals surface area contributed by atoms with E-state index in [1.54, 1.807) is 12.4 Å². The quantitative estimate of drug-likeness (QED) is 0.863. The number of hydrogen-bond acceptors (Lipinski definition) is 6. The van der Waals surface area contributed by atoms with Gasteiger partial charge in [-0.2, -0.15) is 0 Å². The van der Waals surface area contributed by atoms with E-state index in [0.29, 0.717) is 0 Å². The van der Waals surface area contributed by atoms with Gasteiger partial charge in [0.15, 0.2) is 0 Å². The van der Waals surface area contributed by atoms with Gasteiger partial charge in [0.25, 0.3) is 0 Å². The van der Waals surface area contributed by atoms with E-state index in [1.807, 2.05) is 18.2 Å². The van der Waals surface area contributed by atoms with Gasteiger partial charge in [-0.05, 0) is 12.1 Å². The van der Waals surface area contributed by atoms with Crippen LogP contribution in [-0.2, 0) is 4.74 Å². The van der Waals surface area contributed by atoms with Gasteiger partial charge < -0.3 is 15.4 Å². The number of morpholine rings is 1. The predicted molar refractivity (Wildman–Crippen MR) is 72.7 cm³/mol. The molecule has 1 aliphatic rings. The summed E-state index contributed by atoms with van der Waals surface area (Å²) in [6.45, 7) is 3.23. The molecule has 98 valence electrons. The Hall–Kier alpha value is -2.21. The summed E-state index contributed by atoms with van der Waals surface area (Å²) >= 11 is 0. The van der Waals surface area contributed by atoms with Crippen LogP contribution in [-0.4, -0.2) is 41.3 Å². The molecule has 0 aliphatic carbocycles. The van der Waals surface area contributed by atoms with Crippen LogP contribution in [0.2, 0.25) is 0 Å². The average Bonchev–Trinajstić information content (AvgIpc) is 2.49. The van der Waals surface area contributed by atoms with Crippen LogP contribution in [0.3, 0.4) is 0 Å². The Bertz CT molecular complexity index is 551. The zero-order chi connectivity index (χ0) is 13.1. The van der Waals surface area contributed by atoms with E-state index in [0.717, 1.165) is 43.4 Å². The van der Waals surface area contributed by atoms with Crippen LogP contribution in [0.15, 0.2) is 30.6 Å². The van der Waals surface area contributed by atoms with Crippen molar-refractivity contribution in [3.63, 3.8) is 0 Å². The lowest BCUT2D eigenvalue weighted by atomic mass is 10.2. The van der Waals surface area contributed by atoms with Crippen LogP contribution in [0.5, 0.6) is 0 Å². The standard InChI is InChI=1S/C13H15N5O/c14-13-15-8-10(9-16-13)11-2-1-3-12(17-11)18-4-6-19-7-5-18/h1-3,8-9H,4-7H2,(H2,14,15,16). The van der Waals surface area contributed by atoms with Crippen molar-refractivity contribution >= 4 is 11.8 Å². The molecule has 6 heteroatoms. The van der Waals surface area contributed by atoms with Crippen molar-refractivity contribution in [3.8, 4) is 11.3 Å². The van der Waals surface area contributed by atoms with Crippen LogP contribution in [0.25, 0.3) is 11.3 Å². The van der Waals surface area contributed by atoms with Crippen molar-refractivity contribution in [3.05, 3.63) is 30.6 Å². The highest BCUT2D eigenvalue weighted by molar-refractivity contribution is 5.60. The molecule has 0 radical (unpaired) electrons. The fourth-order valence-corrected chi connectivity index (χ4v) is 2.02. The monoisotopic (exact) mass is 257 g/mol. The maximum absolute atomic E-state index is 5.49. The Kier molecular flexibility index (Phi) is 3.24. The third-order valence-electron chi connectivity index (χ3n) is 3.04. The summed E-state index contributed by atoms with van der Waals surface area (Å²) in [7, 11) is 0. The smallest absolute Gasteiger partial charge is 0.219 e. The minimum absolute atomic E-state index is 0.271. The first kappa shape index (κ1) is 11.9. The van der Waals surface area contributed by atoms with Crippen LogP contribution >= 0.6 is 0 Å². The minimum Gasteiger partial charge on any atom is -0.378 e. The van der Waals surface area contributed by atoms with E-state index in [-0.39, 0.29) is 5.95 Å². The summed E-state index contributed by atoms with van der Waals surface area (Å²) in [5, 5.41) is 0. The first-order chi connectivity index (χ1) is 9.33. The molecule has 2 N–H and O–H groups in total. The molecule has 1 aliphatic heterocycles. The Morgan fingerprint density at radius 1 is 1.11 bits per heavy atom. The summed E-state index contributed by atoms with van der Waals surface area (Å²) in [4.78, 5) is 14.8. The molecule has 3 heterocycles. The topological polar surface area (TPSA) is 77.2 Å². The SMILES string of the molecule is Nc1ncc(-c2cccc(N3CCOCC3)n2)cn1. The second kappa shape index (κ2) is 5.19. The zero-order valence-electron chi connectivity index (χ0n) is 10.5. The van der Waals surface area contributed by atoms with Crippen LogP contribution in [0, 0.1) is 0 Å². The lowest BCUT2D eigenvalue weighted by Gasteiger charge is -2.28. The largest absolute Gasteiger partial charge is 0.378 e. The number of ether oxygens (including phenoxy) is 1. The molecule has 2 aromatic heterocycles. The molecular formula is C13H15N5O. The normalized spacial score (nSPS) is 15.5. The summed E-state index contributed by atoms with van der Waals surface area (Å²) < 4.78 is 5.35. The Balaban J connectivity index is 1.88. The van der Waals surface area contributed by atoms with E-state index in [1.165, 1.54) is 0 Å². The van der Waals surface area contributed by atoms with E-state index in [9.17, 15) is 0 Å². The van der Waals surface area contributed by atoms with Crippen molar-refractivity contribution < 1.29 is 4.74 Å². The Morgan fingerprint density at radius 2 is 1.84 bits per heavy atom. The van der Waals surface area contributed by atoms with E-state index in [2.05, 4.69) is 19.9 Å². The molecule has 0 saturated carbocycles. The van der Waals surface area contributed by atoms with Crippen molar-refractivity contribution in [2.45, 2.75) is 0 Å². The van der Waals surface area contributed by atoms with Crippen molar-refractivity contribution in [1.82, 2.24) is 15.0 Å². The third kappa shape index (κ3) is 2.63. The molecule has 0 atom stereocenters. The fraction of sp³-hybridized carbons (Fsp3) is 0.308. The van der Waals surface area contributed by atoms with Gasteiger partial charge in [-0.1, -0.05) is 6.07 Å². The minimum atomic E-state index is 0.271. The highest BCUT2D eigenvalue weighted by Gasteiger charge is 2.13. The maximum Gasteiger partial charge on any atom is 0.219 e. The Labute approximate surface area is 111 Å². The molecule has 0 unspecified atom stereocenters. The summed E-state index contributed by atoms with van der Waals surface area (Å²) in [5.41, 5.74) is 7.20. The first-order valence-electron chi connectivity index (χ1n) is 6.20. The second-order valence-corrected chi connectivity index (χ2v) is 4.31. The van der Waals surface area contributed by atoms with Crippen LogP contribution in [0.1, 0.15) is 0 Å². The van der Waals surface area contributed by atoms with Gasteiger partial charge in [0.1, 0.15) is 5.82 Å². The second-order valence-electron chi connectivity index (χ2n) is 4.31. The van der Waals surface area contributed by atoms with E-state index in [4.69, 9.17) is 10.5 Å². The zero-order valence-corrected chi connectivity index (χ0v) is 10.5. The van der Waals surface area contributed by atoms with E-state index >= 15 is 0 Å². The molecule has 6 nitrogen and oxygen atoms in total.